The first-order valence-corrected chi connectivity index (χ1v) is 19.6. The van der Waals surface area contributed by atoms with E-state index >= 15 is 0 Å². The van der Waals surface area contributed by atoms with Gasteiger partial charge in [-0.2, -0.15) is 0 Å². The van der Waals surface area contributed by atoms with Crippen LogP contribution in [0.3, 0.4) is 0 Å². The zero-order chi connectivity index (χ0) is 27.6. The second kappa shape index (κ2) is 11.8. The van der Waals surface area contributed by atoms with E-state index in [9.17, 15) is 0 Å². The van der Waals surface area contributed by atoms with Gasteiger partial charge in [0.25, 0.3) is 0 Å². The van der Waals surface area contributed by atoms with E-state index < -0.39 is 0 Å². The summed E-state index contributed by atoms with van der Waals surface area (Å²) in [6.45, 7) is 1.49. The molecule has 0 aromatic heterocycles. The fourth-order valence-electron chi connectivity index (χ4n) is 6.29. The number of benzene rings is 4. The maximum atomic E-state index is 6.11. The van der Waals surface area contributed by atoms with Crippen molar-refractivity contribution in [2.75, 3.05) is 22.9 Å². The van der Waals surface area contributed by atoms with Crippen LogP contribution in [0.5, 0.6) is 0 Å². The molecule has 0 fully saturated rings. The van der Waals surface area contributed by atoms with Crippen LogP contribution < -0.4 is 21.3 Å². The molecule has 0 saturated carbocycles. The Kier molecular flexibility index (Phi) is 7.97. The summed E-state index contributed by atoms with van der Waals surface area (Å²) in [6, 6.07) is 34.7. The van der Waals surface area contributed by atoms with Crippen molar-refractivity contribution in [2.24, 2.45) is 21.5 Å². The van der Waals surface area contributed by atoms with Crippen LogP contribution in [-0.2, 0) is 12.8 Å². The van der Waals surface area contributed by atoms with Gasteiger partial charge in [-0.15, -0.1) is 0 Å². The highest BCUT2D eigenvalue weighted by molar-refractivity contribution is 15.0. The van der Waals surface area contributed by atoms with Crippen LogP contribution in [0.4, 0.5) is 11.4 Å². The fourth-order valence-corrected chi connectivity index (χ4v) is 6.29. The lowest BCUT2D eigenvalue weighted by Crippen LogP contribution is -2.36. The molecule has 0 bridgehead atoms. The number of halogens is 2. The highest BCUT2D eigenvalue weighted by Crippen LogP contribution is 2.40. The van der Waals surface area contributed by atoms with Gasteiger partial charge in [-0.1, -0.05) is 84.9 Å². The summed E-state index contributed by atoms with van der Waals surface area (Å²) in [6.07, 6.45) is 1.93. The molecular weight excluding hydrogens is 722 g/mol. The number of guanidine groups is 2. The number of nitrogens with zero attached hydrogens (tertiary/aromatic N) is 4. The second-order valence-corrected chi connectivity index (χ2v) is 10.2. The molecule has 4 aromatic carbocycles. The van der Waals surface area contributed by atoms with Crippen LogP contribution in [0.1, 0.15) is 45.5 Å². The van der Waals surface area contributed by atoms with Gasteiger partial charge in [0, 0.05) is 48.6 Å². The molecule has 6 nitrogen and oxygen atoms in total. The number of para-hydroxylation sites is 2. The Morgan fingerprint density at radius 3 is 1.30 bits per heavy atom. The molecule has 4 aliphatic rings. The Morgan fingerprint density at radius 1 is 0.525 bits per heavy atom. The fraction of sp³-hybridized carbons (Fsp3) is 0.188. The van der Waals surface area contributed by atoms with Crippen LogP contribution in [0.25, 0.3) is 0 Å². The van der Waals surface area contributed by atoms with Gasteiger partial charge in [0.2, 0.25) is 0 Å². The molecule has 0 spiro atoms. The van der Waals surface area contributed by atoms with Gasteiger partial charge < -0.3 is 21.3 Å². The molecule has 0 amide bonds. The molecule has 8 rings (SSSR count). The van der Waals surface area contributed by atoms with Gasteiger partial charge in [-0.05, 0) is 58.4 Å². The molecule has 0 aliphatic carbocycles. The van der Waals surface area contributed by atoms with E-state index in [1.165, 1.54) is 44.8 Å². The third kappa shape index (κ3) is 4.85. The highest BCUT2D eigenvalue weighted by atomic mass is 128. The van der Waals surface area contributed by atoms with E-state index in [-0.39, 0.29) is 12.1 Å². The Balaban J connectivity index is 0.000000136. The summed E-state index contributed by atoms with van der Waals surface area (Å²) in [4.78, 5) is 13.2. The first kappa shape index (κ1) is 27.1. The van der Waals surface area contributed by atoms with Crippen molar-refractivity contribution in [3.8, 4) is 0 Å². The number of anilines is 2. The minimum atomic E-state index is 0.250. The normalized spacial score (nSPS) is 19.2. The highest BCUT2D eigenvalue weighted by Gasteiger charge is 2.35. The lowest BCUT2D eigenvalue weighted by Gasteiger charge is -2.26. The van der Waals surface area contributed by atoms with Crippen molar-refractivity contribution in [3.63, 3.8) is 0 Å². The summed E-state index contributed by atoms with van der Waals surface area (Å²) in [5.74, 6) is 1.27. The Labute approximate surface area is 258 Å². The molecule has 40 heavy (non-hydrogen) atoms. The van der Waals surface area contributed by atoms with E-state index in [0.717, 1.165) is 25.9 Å². The number of hydrogen-bond donors (Lipinski definition) is 2. The van der Waals surface area contributed by atoms with Crippen LogP contribution in [0.15, 0.2) is 107 Å². The van der Waals surface area contributed by atoms with Crippen molar-refractivity contribution < 1.29 is 0 Å². The summed E-state index contributed by atoms with van der Waals surface area (Å²) in [7, 11) is 0. The molecule has 4 heterocycles. The topological polar surface area (TPSA) is 83.2 Å². The van der Waals surface area contributed by atoms with Crippen LogP contribution in [0, 0.1) is 0 Å². The molecule has 2 unspecified atom stereocenters. The first-order chi connectivity index (χ1) is 19.7. The Morgan fingerprint density at radius 2 is 0.875 bits per heavy atom. The molecular formula is C32H30I2N6. The third-order valence-corrected chi connectivity index (χ3v) is 8.06. The summed E-state index contributed by atoms with van der Waals surface area (Å²) in [5.41, 5.74) is 22.7. The van der Waals surface area contributed by atoms with Gasteiger partial charge in [0.15, 0.2) is 11.9 Å². The number of aliphatic imine (C=N–C) groups is 2. The zero-order valence-electron chi connectivity index (χ0n) is 21.9. The van der Waals surface area contributed by atoms with E-state index in [2.05, 4.69) is 154 Å². The Bertz CT molecular complexity index is 1480. The van der Waals surface area contributed by atoms with Crippen LogP contribution in [0.2, 0.25) is 0 Å². The first-order valence-electron chi connectivity index (χ1n) is 13.3. The van der Waals surface area contributed by atoms with E-state index in [1.54, 1.807) is 0 Å². The number of rotatable bonds is 0. The van der Waals surface area contributed by atoms with Gasteiger partial charge in [-0.3, -0.25) is 9.98 Å². The van der Waals surface area contributed by atoms with Crippen LogP contribution in [-0.4, -0.2) is 25.0 Å². The monoisotopic (exact) mass is 752 g/mol. The quantitative estimate of drug-likeness (QED) is 0.196. The summed E-state index contributed by atoms with van der Waals surface area (Å²) in [5, 5.41) is 0. The minimum Gasteiger partial charge on any atom is -0.369 e. The molecule has 4 N–H and O–H groups in total. The smallest absolute Gasteiger partial charge is 0.196 e. The van der Waals surface area contributed by atoms with Crippen molar-refractivity contribution in [1.29, 1.82) is 0 Å². The van der Waals surface area contributed by atoms with Crippen molar-refractivity contribution in [2.45, 2.75) is 24.9 Å². The number of nitrogens with two attached hydrogens (primary N) is 2. The summed E-state index contributed by atoms with van der Waals surface area (Å²) >= 11 is 4.24. The lowest BCUT2D eigenvalue weighted by molar-refractivity contribution is 0.768. The van der Waals surface area contributed by atoms with Gasteiger partial charge in [-0.25, -0.2) is 0 Å². The number of hydrogen-bond acceptors (Lipinski definition) is 6. The zero-order valence-corrected chi connectivity index (χ0v) is 26.2. The maximum Gasteiger partial charge on any atom is 0.196 e. The molecule has 0 radical (unpaired) electrons. The lowest BCUT2D eigenvalue weighted by atomic mass is 9.97. The molecule has 2 atom stereocenters. The summed E-state index contributed by atoms with van der Waals surface area (Å²) < 4.78 is 0. The maximum absolute atomic E-state index is 6.11. The van der Waals surface area contributed by atoms with E-state index in [4.69, 9.17) is 11.5 Å². The van der Waals surface area contributed by atoms with Gasteiger partial charge >= 0.3 is 0 Å². The van der Waals surface area contributed by atoms with Crippen molar-refractivity contribution in [1.82, 2.24) is 0 Å². The second-order valence-electron chi connectivity index (χ2n) is 10.2. The van der Waals surface area contributed by atoms with Crippen molar-refractivity contribution >= 4 is 60.5 Å². The largest absolute Gasteiger partial charge is 0.369 e. The standard InChI is InChI=1S/2C16H15N3.I2/c2*17-16-18-10-15-13-7-3-1-5-11(13)9-12-6-2-4-8-14(12)19(15)16;1-2/h2*1-8,15H,9-10H2,(H2,17,18);. The molecule has 0 saturated heterocycles. The average Bonchev–Trinajstić information content (AvgIpc) is 3.48. The van der Waals surface area contributed by atoms with Gasteiger partial charge in [0.1, 0.15) is 0 Å². The predicted octanol–water partition coefficient (Wildman–Crippen LogP) is 6.71. The van der Waals surface area contributed by atoms with E-state index in [0.29, 0.717) is 11.9 Å². The predicted molar refractivity (Wildman–Crippen MR) is 183 cm³/mol. The van der Waals surface area contributed by atoms with Crippen LogP contribution >= 0.6 is 37.2 Å². The van der Waals surface area contributed by atoms with Gasteiger partial charge in [0.05, 0.1) is 25.2 Å². The third-order valence-electron chi connectivity index (χ3n) is 8.06. The molecule has 4 aliphatic heterocycles. The SMILES string of the molecule is II.NC1=NCC2c3ccccc3Cc3ccccc3N12.NC1=NCC2c3ccccc3Cc3ccccc3N12. The van der Waals surface area contributed by atoms with E-state index in [1.807, 2.05) is 0 Å². The Hall–Kier alpha value is -3.12. The molecule has 4 aromatic rings. The number of fused-ring (bicyclic) bond motifs is 10. The molecule has 202 valence electrons. The van der Waals surface area contributed by atoms with Crippen molar-refractivity contribution in [3.05, 3.63) is 130 Å². The average molecular weight is 752 g/mol. The minimum absolute atomic E-state index is 0.250. The molecule has 8 heteroatoms.